The minimum absolute atomic E-state index is 0.199. The second kappa shape index (κ2) is 5.09. The monoisotopic (exact) mass is 267 g/mol. The Morgan fingerprint density at radius 1 is 1.44 bits per heavy atom. The van der Waals surface area contributed by atoms with Crippen LogP contribution in [-0.4, -0.2) is 33.5 Å². The SMILES string of the molecule is CNCCN1C=Cc2c(cccc2S(N)(=O)=O)C1. The highest BCUT2D eigenvalue weighted by Gasteiger charge is 2.18. The predicted molar refractivity (Wildman–Crippen MR) is 71.2 cm³/mol. The third-order valence-corrected chi connectivity index (χ3v) is 3.91. The predicted octanol–water partition coefficient (Wildman–Crippen LogP) is 0.340. The van der Waals surface area contributed by atoms with Crippen molar-refractivity contribution < 1.29 is 8.42 Å². The van der Waals surface area contributed by atoms with Crippen molar-refractivity contribution in [2.45, 2.75) is 11.4 Å². The van der Waals surface area contributed by atoms with Crippen LogP contribution in [0.5, 0.6) is 0 Å². The Hall–Kier alpha value is -1.37. The van der Waals surface area contributed by atoms with Crippen LogP contribution in [-0.2, 0) is 16.6 Å². The zero-order valence-electron chi connectivity index (χ0n) is 10.3. The van der Waals surface area contributed by atoms with Gasteiger partial charge in [-0.25, -0.2) is 13.6 Å². The maximum Gasteiger partial charge on any atom is 0.238 e. The molecule has 0 fully saturated rings. The van der Waals surface area contributed by atoms with E-state index in [-0.39, 0.29) is 4.90 Å². The summed E-state index contributed by atoms with van der Waals surface area (Å²) in [5.74, 6) is 0. The van der Waals surface area contributed by atoms with Crippen LogP contribution in [0.1, 0.15) is 11.1 Å². The molecule has 0 amide bonds. The molecule has 0 radical (unpaired) electrons. The van der Waals surface area contributed by atoms with Crippen LogP contribution in [0.4, 0.5) is 0 Å². The summed E-state index contributed by atoms with van der Waals surface area (Å²) in [6.45, 7) is 2.47. The van der Waals surface area contributed by atoms with Gasteiger partial charge in [-0.2, -0.15) is 0 Å². The first-order chi connectivity index (χ1) is 8.52. The Morgan fingerprint density at radius 2 is 2.22 bits per heavy atom. The van der Waals surface area contributed by atoms with E-state index >= 15 is 0 Å². The zero-order valence-corrected chi connectivity index (χ0v) is 11.1. The van der Waals surface area contributed by atoms with Gasteiger partial charge in [0.25, 0.3) is 0 Å². The number of nitrogens with one attached hydrogen (secondary N) is 1. The lowest BCUT2D eigenvalue weighted by Crippen LogP contribution is -2.28. The number of likely N-dealkylation sites (N-methyl/N-ethyl adjacent to an activating group) is 1. The zero-order chi connectivity index (χ0) is 13.2. The topological polar surface area (TPSA) is 75.4 Å². The van der Waals surface area contributed by atoms with E-state index in [0.29, 0.717) is 12.1 Å². The van der Waals surface area contributed by atoms with Crippen LogP contribution in [0.25, 0.3) is 6.08 Å². The lowest BCUT2D eigenvalue weighted by molar-refractivity contribution is 0.366. The molecule has 6 heteroatoms. The number of nitrogens with zero attached hydrogens (tertiary/aromatic N) is 1. The molecule has 0 saturated carbocycles. The van der Waals surface area contributed by atoms with Gasteiger partial charge in [0.15, 0.2) is 0 Å². The summed E-state index contributed by atoms with van der Waals surface area (Å²) in [4.78, 5) is 2.33. The molecule has 18 heavy (non-hydrogen) atoms. The molecule has 0 spiro atoms. The van der Waals surface area contributed by atoms with Crippen LogP contribution < -0.4 is 10.5 Å². The van der Waals surface area contributed by atoms with E-state index in [1.807, 2.05) is 25.4 Å². The molecule has 1 aromatic carbocycles. The number of primary sulfonamides is 1. The maximum atomic E-state index is 11.5. The van der Waals surface area contributed by atoms with E-state index < -0.39 is 10.0 Å². The normalized spacial score (nSPS) is 14.7. The van der Waals surface area contributed by atoms with Gasteiger partial charge < -0.3 is 10.2 Å². The van der Waals surface area contributed by atoms with E-state index in [4.69, 9.17) is 5.14 Å². The van der Waals surface area contributed by atoms with Crippen molar-refractivity contribution in [3.8, 4) is 0 Å². The number of fused-ring (bicyclic) bond motifs is 1. The van der Waals surface area contributed by atoms with Crippen molar-refractivity contribution >= 4 is 16.1 Å². The third kappa shape index (κ3) is 2.72. The second-order valence-corrected chi connectivity index (χ2v) is 5.79. The first-order valence-corrected chi connectivity index (χ1v) is 7.28. The van der Waals surface area contributed by atoms with Crippen molar-refractivity contribution in [1.29, 1.82) is 0 Å². The average Bonchev–Trinajstić information content (AvgIpc) is 2.34. The fraction of sp³-hybridized carbons (Fsp3) is 0.333. The Labute approximate surface area is 107 Å². The molecule has 98 valence electrons. The number of nitrogens with two attached hydrogens (primary N) is 1. The molecule has 1 heterocycles. The van der Waals surface area contributed by atoms with Gasteiger partial charge in [0.2, 0.25) is 10.0 Å². The van der Waals surface area contributed by atoms with Gasteiger partial charge in [-0.05, 0) is 24.8 Å². The van der Waals surface area contributed by atoms with Crippen LogP contribution in [0.2, 0.25) is 0 Å². The van der Waals surface area contributed by atoms with Gasteiger partial charge in [0.1, 0.15) is 0 Å². The minimum atomic E-state index is -3.66. The van der Waals surface area contributed by atoms with Gasteiger partial charge in [-0.1, -0.05) is 12.1 Å². The van der Waals surface area contributed by atoms with Crippen molar-refractivity contribution in [2.24, 2.45) is 5.14 Å². The molecule has 1 aliphatic heterocycles. The van der Waals surface area contributed by atoms with Gasteiger partial charge in [-0.3, -0.25) is 0 Å². The lowest BCUT2D eigenvalue weighted by Gasteiger charge is -2.26. The van der Waals surface area contributed by atoms with E-state index in [9.17, 15) is 8.42 Å². The summed E-state index contributed by atoms with van der Waals surface area (Å²) in [5.41, 5.74) is 1.70. The molecule has 0 unspecified atom stereocenters. The Morgan fingerprint density at radius 3 is 2.89 bits per heavy atom. The molecular weight excluding hydrogens is 250 g/mol. The number of benzene rings is 1. The Bertz CT molecular complexity index is 567. The molecule has 0 bridgehead atoms. The minimum Gasteiger partial charge on any atom is -0.372 e. The first-order valence-electron chi connectivity index (χ1n) is 5.74. The molecule has 1 aliphatic rings. The van der Waals surface area contributed by atoms with Gasteiger partial charge >= 0.3 is 0 Å². The molecule has 0 atom stereocenters. The average molecular weight is 267 g/mol. The second-order valence-electron chi connectivity index (χ2n) is 4.26. The number of rotatable bonds is 4. The smallest absolute Gasteiger partial charge is 0.238 e. The summed E-state index contributed by atoms with van der Waals surface area (Å²) in [5, 5.41) is 8.29. The van der Waals surface area contributed by atoms with Gasteiger partial charge in [0.05, 0.1) is 4.90 Å². The van der Waals surface area contributed by atoms with Crippen molar-refractivity contribution in [3.05, 3.63) is 35.5 Å². The molecule has 3 N–H and O–H groups in total. The Kier molecular flexibility index (Phi) is 3.70. The fourth-order valence-corrected chi connectivity index (χ4v) is 2.80. The highest BCUT2D eigenvalue weighted by Crippen LogP contribution is 2.25. The largest absolute Gasteiger partial charge is 0.372 e. The van der Waals surface area contributed by atoms with Gasteiger partial charge in [0, 0.05) is 31.4 Å². The van der Waals surface area contributed by atoms with E-state index in [1.54, 1.807) is 12.1 Å². The van der Waals surface area contributed by atoms with Crippen LogP contribution in [0, 0.1) is 0 Å². The molecule has 5 nitrogen and oxygen atoms in total. The summed E-state index contributed by atoms with van der Waals surface area (Å²) in [6.07, 6.45) is 3.72. The lowest BCUT2D eigenvalue weighted by atomic mass is 10.0. The quantitative estimate of drug-likeness (QED) is 0.825. The summed E-state index contributed by atoms with van der Waals surface area (Å²) >= 11 is 0. The molecule has 2 rings (SSSR count). The fourth-order valence-electron chi connectivity index (χ4n) is 2.03. The van der Waals surface area contributed by atoms with Crippen LogP contribution in [0.15, 0.2) is 29.3 Å². The Balaban J connectivity index is 2.32. The molecule has 0 saturated heterocycles. The summed E-state index contributed by atoms with van der Waals surface area (Å²) < 4.78 is 23.0. The summed E-state index contributed by atoms with van der Waals surface area (Å²) in [7, 11) is -1.76. The van der Waals surface area contributed by atoms with Crippen LogP contribution in [0.3, 0.4) is 0 Å². The number of hydrogen-bond donors (Lipinski definition) is 2. The maximum absolute atomic E-state index is 11.5. The first kappa shape index (κ1) is 13.1. The van der Waals surface area contributed by atoms with Crippen molar-refractivity contribution in [3.63, 3.8) is 0 Å². The molecule has 0 aliphatic carbocycles. The van der Waals surface area contributed by atoms with Gasteiger partial charge in [-0.15, -0.1) is 0 Å². The molecule has 1 aromatic rings. The van der Waals surface area contributed by atoms with E-state index in [2.05, 4.69) is 10.2 Å². The van der Waals surface area contributed by atoms with Crippen molar-refractivity contribution in [2.75, 3.05) is 20.1 Å². The molecule has 0 aromatic heterocycles. The van der Waals surface area contributed by atoms with E-state index in [0.717, 1.165) is 18.7 Å². The highest BCUT2D eigenvalue weighted by molar-refractivity contribution is 7.89. The standard InChI is InChI=1S/C12H17N3O2S/c1-14-6-8-15-7-5-11-10(9-15)3-2-4-12(11)18(13,16)17/h2-5,7,14H,6,8-9H2,1H3,(H2,13,16,17). The third-order valence-electron chi connectivity index (χ3n) is 2.94. The van der Waals surface area contributed by atoms with Crippen LogP contribution >= 0.6 is 0 Å². The highest BCUT2D eigenvalue weighted by atomic mass is 32.2. The summed E-state index contributed by atoms with van der Waals surface area (Å²) in [6, 6.07) is 5.20. The molecular formula is C12H17N3O2S. The number of hydrogen-bond acceptors (Lipinski definition) is 4. The number of sulfonamides is 1. The van der Waals surface area contributed by atoms with Crippen molar-refractivity contribution in [1.82, 2.24) is 10.2 Å². The van der Waals surface area contributed by atoms with E-state index in [1.165, 1.54) is 0 Å².